The molecule has 2 aromatic rings. The molecule has 1 N–H and O–H groups in total. The molecule has 1 fully saturated rings. The molecule has 4 heteroatoms. The third-order valence-corrected chi connectivity index (χ3v) is 4.20. The highest BCUT2D eigenvalue weighted by molar-refractivity contribution is 6.30. The van der Waals surface area contributed by atoms with Gasteiger partial charge >= 0.3 is 0 Å². The average molecular weight is 315 g/mol. The summed E-state index contributed by atoms with van der Waals surface area (Å²) in [6.45, 7) is 4.11. The molecule has 3 rings (SSSR count). The van der Waals surface area contributed by atoms with Crippen LogP contribution < -0.4 is 10.2 Å². The zero-order chi connectivity index (χ0) is 15.4. The Morgan fingerprint density at radius 1 is 1.00 bits per heavy atom. The maximum atomic E-state index is 12.3. The second-order valence-electron chi connectivity index (χ2n) is 5.51. The number of rotatable bonds is 4. The van der Waals surface area contributed by atoms with Crippen LogP contribution in [0.2, 0.25) is 5.02 Å². The summed E-state index contributed by atoms with van der Waals surface area (Å²) in [4.78, 5) is 14.6. The summed E-state index contributed by atoms with van der Waals surface area (Å²) < 4.78 is 0. The third-order valence-electron chi connectivity index (χ3n) is 3.95. The van der Waals surface area contributed by atoms with Crippen LogP contribution in [0.1, 0.15) is 15.9 Å². The van der Waals surface area contributed by atoms with E-state index < -0.39 is 0 Å². The average Bonchev–Trinajstić information content (AvgIpc) is 2.57. The van der Waals surface area contributed by atoms with Crippen molar-refractivity contribution >= 4 is 23.1 Å². The predicted molar refractivity (Wildman–Crippen MR) is 91.0 cm³/mol. The minimum absolute atomic E-state index is 0.117. The molecule has 3 nitrogen and oxygen atoms in total. The Morgan fingerprint density at radius 2 is 1.64 bits per heavy atom. The molecule has 0 aliphatic carbocycles. The van der Waals surface area contributed by atoms with Gasteiger partial charge in [0.2, 0.25) is 0 Å². The number of ketones is 1. The van der Waals surface area contributed by atoms with Crippen molar-refractivity contribution in [2.75, 3.05) is 31.1 Å². The first-order valence-corrected chi connectivity index (χ1v) is 7.93. The smallest absolute Gasteiger partial charge is 0.167 e. The van der Waals surface area contributed by atoms with Crippen molar-refractivity contribution in [1.82, 2.24) is 5.32 Å². The lowest BCUT2D eigenvalue weighted by molar-refractivity contribution is 0.0993. The lowest BCUT2D eigenvalue weighted by atomic mass is 10.0. The standard InChI is InChI=1S/C18H19ClN2O/c19-16-5-3-15(4-6-16)18(22)13-14-1-7-17(8-2-14)21-11-9-20-10-12-21/h1-8,20H,9-13H2. The fourth-order valence-corrected chi connectivity index (χ4v) is 2.80. The lowest BCUT2D eigenvalue weighted by Crippen LogP contribution is -2.43. The van der Waals surface area contributed by atoms with Crippen molar-refractivity contribution < 1.29 is 4.79 Å². The van der Waals surface area contributed by atoms with Crippen LogP contribution >= 0.6 is 11.6 Å². The van der Waals surface area contributed by atoms with Gasteiger partial charge in [-0.15, -0.1) is 0 Å². The van der Waals surface area contributed by atoms with E-state index in [-0.39, 0.29) is 5.78 Å². The SMILES string of the molecule is O=C(Cc1ccc(N2CCNCC2)cc1)c1ccc(Cl)cc1. The molecule has 0 amide bonds. The van der Waals surface area contributed by atoms with Gasteiger partial charge in [0.1, 0.15) is 0 Å². The maximum Gasteiger partial charge on any atom is 0.167 e. The molecule has 2 aromatic carbocycles. The first kappa shape index (κ1) is 15.1. The number of hydrogen-bond donors (Lipinski definition) is 1. The Morgan fingerprint density at radius 3 is 2.27 bits per heavy atom. The zero-order valence-corrected chi connectivity index (χ0v) is 13.1. The molecule has 0 saturated carbocycles. The van der Waals surface area contributed by atoms with E-state index in [1.165, 1.54) is 5.69 Å². The molecule has 1 heterocycles. The second-order valence-corrected chi connectivity index (χ2v) is 5.95. The molecular formula is C18H19ClN2O. The van der Waals surface area contributed by atoms with Crippen molar-refractivity contribution in [1.29, 1.82) is 0 Å². The Hall–Kier alpha value is -1.84. The van der Waals surface area contributed by atoms with Crippen molar-refractivity contribution in [3.63, 3.8) is 0 Å². The van der Waals surface area contributed by atoms with Gasteiger partial charge in [0.15, 0.2) is 5.78 Å². The normalized spacial score (nSPS) is 14.9. The highest BCUT2D eigenvalue weighted by Crippen LogP contribution is 2.17. The topological polar surface area (TPSA) is 32.3 Å². The number of Topliss-reactive ketones (excluding diaryl/α,β-unsaturated/α-hetero) is 1. The molecule has 22 heavy (non-hydrogen) atoms. The van der Waals surface area contributed by atoms with E-state index in [9.17, 15) is 4.79 Å². The van der Waals surface area contributed by atoms with Gasteiger partial charge in [-0.25, -0.2) is 0 Å². The lowest BCUT2D eigenvalue weighted by Gasteiger charge is -2.29. The summed E-state index contributed by atoms with van der Waals surface area (Å²) in [6, 6.07) is 15.4. The highest BCUT2D eigenvalue weighted by atomic mass is 35.5. The van der Waals surface area contributed by atoms with Gasteiger partial charge in [-0.2, -0.15) is 0 Å². The van der Waals surface area contributed by atoms with Crippen molar-refractivity contribution in [3.05, 3.63) is 64.7 Å². The number of nitrogens with zero attached hydrogens (tertiary/aromatic N) is 1. The van der Waals surface area contributed by atoms with Crippen LogP contribution in [0.4, 0.5) is 5.69 Å². The molecule has 0 spiro atoms. The summed E-state index contributed by atoms with van der Waals surface area (Å²) in [6.07, 6.45) is 0.420. The molecule has 1 aliphatic heterocycles. The molecule has 0 aromatic heterocycles. The molecule has 0 atom stereocenters. The Bertz CT molecular complexity index is 631. The highest BCUT2D eigenvalue weighted by Gasteiger charge is 2.11. The van der Waals surface area contributed by atoms with Crippen LogP contribution in [-0.4, -0.2) is 32.0 Å². The van der Waals surface area contributed by atoms with Crippen LogP contribution in [0.5, 0.6) is 0 Å². The summed E-state index contributed by atoms with van der Waals surface area (Å²) in [5, 5.41) is 4.00. The van der Waals surface area contributed by atoms with E-state index in [0.717, 1.165) is 31.7 Å². The first-order valence-electron chi connectivity index (χ1n) is 7.56. The van der Waals surface area contributed by atoms with Crippen molar-refractivity contribution in [3.8, 4) is 0 Å². The van der Waals surface area contributed by atoms with E-state index >= 15 is 0 Å². The number of piperazine rings is 1. The number of carbonyl (C=O) groups is 1. The molecule has 0 bridgehead atoms. The molecule has 1 aliphatic rings. The van der Waals surface area contributed by atoms with Gasteiger partial charge in [0, 0.05) is 48.9 Å². The maximum absolute atomic E-state index is 12.3. The number of hydrogen-bond acceptors (Lipinski definition) is 3. The zero-order valence-electron chi connectivity index (χ0n) is 12.4. The Kier molecular flexibility index (Phi) is 4.76. The minimum Gasteiger partial charge on any atom is -0.369 e. The van der Waals surface area contributed by atoms with Gasteiger partial charge in [-0.1, -0.05) is 23.7 Å². The van der Waals surface area contributed by atoms with E-state index in [2.05, 4.69) is 22.3 Å². The number of benzene rings is 2. The summed E-state index contributed by atoms with van der Waals surface area (Å²) >= 11 is 5.85. The van der Waals surface area contributed by atoms with Crippen molar-refractivity contribution in [2.24, 2.45) is 0 Å². The fraction of sp³-hybridized carbons (Fsp3) is 0.278. The van der Waals surface area contributed by atoms with E-state index in [0.29, 0.717) is 17.0 Å². The third kappa shape index (κ3) is 3.67. The molecule has 0 unspecified atom stereocenters. The molecule has 1 saturated heterocycles. The summed E-state index contributed by atoms with van der Waals surface area (Å²) in [5.41, 5.74) is 2.97. The predicted octanol–water partition coefficient (Wildman–Crippen LogP) is 3.18. The Labute approximate surface area is 135 Å². The number of anilines is 1. The van der Waals surface area contributed by atoms with Crippen LogP contribution in [0.15, 0.2) is 48.5 Å². The first-order chi connectivity index (χ1) is 10.7. The van der Waals surface area contributed by atoms with E-state index in [1.54, 1.807) is 24.3 Å². The van der Waals surface area contributed by atoms with Crippen LogP contribution in [0.25, 0.3) is 0 Å². The number of nitrogens with one attached hydrogen (secondary N) is 1. The van der Waals surface area contributed by atoms with Gasteiger partial charge < -0.3 is 10.2 Å². The van der Waals surface area contributed by atoms with Crippen molar-refractivity contribution in [2.45, 2.75) is 6.42 Å². The van der Waals surface area contributed by atoms with Gasteiger partial charge in [-0.3, -0.25) is 4.79 Å². The van der Waals surface area contributed by atoms with E-state index in [4.69, 9.17) is 11.6 Å². The second kappa shape index (κ2) is 6.95. The monoisotopic (exact) mass is 314 g/mol. The van der Waals surface area contributed by atoms with Crippen LogP contribution in [-0.2, 0) is 6.42 Å². The quantitative estimate of drug-likeness (QED) is 0.880. The van der Waals surface area contributed by atoms with Gasteiger partial charge in [0.05, 0.1) is 0 Å². The summed E-state index contributed by atoms with van der Waals surface area (Å²) in [7, 11) is 0. The molecule has 0 radical (unpaired) electrons. The van der Waals surface area contributed by atoms with Crippen LogP contribution in [0, 0.1) is 0 Å². The van der Waals surface area contributed by atoms with Crippen LogP contribution in [0.3, 0.4) is 0 Å². The van der Waals surface area contributed by atoms with Gasteiger partial charge in [0.25, 0.3) is 0 Å². The largest absolute Gasteiger partial charge is 0.369 e. The molecule has 114 valence electrons. The Balaban J connectivity index is 1.65. The van der Waals surface area contributed by atoms with Gasteiger partial charge in [-0.05, 0) is 42.0 Å². The fourth-order valence-electron chi connectivity index (χ4n) is 2.67. The minimum atomic E-state index is 0.117. The number of halogens is 1. The number of carbonyl (C=O) groups excluding carboxylic acids is 1. The molecular weight excluding hydrogens is 296 g/mol. The summed E-state index contributed by atoms with van der Waals surface area (Å²) in [5.74, 6) is 0.117. The van der Waals surface area contributed by atoms with E-state index in [1.807, 2.05) is 12.1 Å².